The molecular formula is C23H48ClNO. The van der Waals surface area contributed by atoms with Crippen LogP contribution in [0.3, 0.4) is 0 Å². The van der Waals surface area contributed by atoms with Gasteiger partial charge in [0, 0.05) is 0 Å². The third kappa shape index (κ3) is 18.7. The fraction of sp³-hybridized carbons (Fsp3) is 0.913. The predicted octanol–water partition coefficient (Wildman–Crippen LogP) is 3.49. The number of quaternary nitrogens is 1. The molecule has 3 heteroatoms. The molecule has 26 heavy (non-hydrogen) atoms. The lowest BCUT2D eigenvalue weighted by Crippen LogP contribution is -3.00. The smallest absolute Gasteiger partial charge is 0.102 e. The van der Waals surface area contributed by atoms with Crippen LogP contribution >= 0.6 is 0 Å². The average Bonchev–Trinajstić information content (AvgIpc) is 2.61. The van der Waals surface area contributed by atoms with Crippen molar-refractivity contribution in [3.05, 3.63) is 12.2 Å². The lowest BCUT2D eigenvalue weighted by Gasteiger charge is -2.32. The first-order valence-corrected chi connectivity index (χ1v) is 11.3. The number of halogens is 1. The van der Waals surface area contributed by atoms with Crippen LogP contribution in [0.25, 0.3) is 0 Å². The van der Waals surface area contributed by atoms with Gasteiger partial charge in [0.2, 0.25) is 0 Å². The van der Waals surface area contributed by atoms with Gasteiger partial charge < -0.3 is 22.0 Å². The maximum atomic E-state index is 9.15. The van der Waals surface area contributed by atoms with Crippen molar-refractivity contribution in [2.75, 3.05) is 33.3 Å². The van der Waals surface area contributed by atoms with Crippen LogP contribution in [0.2, 0.25) is 0 Å². The molecule has 0 aliphatic carbocycles. The van der Waals surface area contributed by atoms with Gasteiger partial charge in [0.25, 0.3) is 0 Å². The molecule has 0 saturated heterocycles. The molecular weight excluding hydrogens is 342 g/mol. The summed E-state index contributed by atoms with van der Waals surface area (Å²) in [5.74, 6) is 0. The molecule has 0 heterocycles. The molecule has 0 fully saturated rings. The number of allylic oxidation sites excluding steroid dienone is 2. The molecule has 0 aliphatic rings. The van der Waals surface area contributed by atoms with Crippen molar-refractivity contribution >= 4 is 0 Å². The van der Waals surface area contributed by atoms with Gasteiger partial charge >= 0.3 is 0 Å². The number of aliphatic hydroxyl groups excluding tert-OH is 1. The summed E-state index contributed by atoms with van der Waals surface area (Å²) >= 11 is 0. The molecule has 1 atom stereocenters. The number of likely N-dealkylation sites (N-methyl/N-ethyl adjacent to an activating group) is 1. The zero-order chi connectivity index (χ0) is 18.6. The van der Waals surface area contributed by atoms with E-state index in [0.717, 1.165) is 17.6 Å². The van der Waals surface area contributed by atoms with Crippen LogP contribution in [0.15, 0.2) is 12.2 Å². The minimum Gasteiger partial charge on any atom is -1.00 e. The van der Waals surface area contributed by atoms with Gasteiger partial charge in [-0.1, -0.05) is 70.4 Å². The van der Waals surface area contributed by atoms with Crippen LogP contribution < -0.4 is 12.4 Å². The second-order valence-corrected chi connectivity index (χ2v) is 8.04. The standard InChI is InChI=1S/C23H48NO.ClH/c1-4-6-7-8-9-10-11-12-13-14-15-16-17-18-19-20-21-24(3,5-2)22-23-25;/h12-13,25H,4-11,14-23H2,1-3H3;1H/q+1;/p-1/b13-12-;. The zero-order valence-electron chi connectivity index (χ0n) is 18.2. The molecule has 0 saturated carbocycles. The second-order valence-electron chi connectivity index (χ2n) is 8.04. The summed E-state index contributed by atoms with van der Waals surface area (Å²) in [5.41, 5.74) is 0. The molecule has 0 spiro atoms. The molecule has 1 N–H and O–H groups in total. The van der Waals surface area contributed by atoms with E-state index < -0.39 is 0 Å². The van der Waals surface area contributed by atoms with Crippen LogP contribution in [0.5, 0.6) is 0 Å². The van der Waals surface area contributed by atoms with Crippen LogP contribution in [0.1, 0.15) is 104 Å². The quantitative estimate of drug-likeness (QED) is 0.204. The molecule has 0 aromatic carbocycles. The summed E-state index contributed by atoms with van der Waals surface area (Å²) in [7, 11) is 2.27. The third-order valence-electron chi connectivity index (χ3n) is 5.61. The Morgan fingerprint density at radius 3 is 1.58 bits per heavy atom. The summed E-state index contributed by atoms with van der Waals surface area (Å²) in [6.07, 6.45) is 24.0. The fourth-order valence-electron chi connectivity index (χ4n) is 3.41. The number of unbranched alkanes of at least 4 members (excludes halogenated alkanes) is 12. The van der Waals surface area contributed by atoms with E-state index in [-0.39, 0.29) is 12.4 Å². The van der Waals surface area contributed by atoms with Crippen LogP contribution in [0.4, 0.5) is 0 Å². The highest BCUT2D eigenvalue weighted by Crippen LogP contribution is 2.11. The maximum absolute atomic E-state index is 9.15. The molecule has 2 nitrogen and oxygen atoms in total. The summed E-state index contributed by atoms with van der Waals surface area (Å²) in [4.78, 5) is 0. The Morgan fingerprint density at radius 1 is 0.654 bits per heavy atom. The number of hydrogen-bond acceptors (Lipinski definition) is 1. The highest BCUT2D eigenvalue weighted by Gasteiger charge is 2.17. The summed E-state index contributed by atoms with van der Waals surface area (Å²) in [5, 5.41) is 9.15. The van der Waals surface area contributed by atoms with E-state index in [1.54, 1.807) is 0 Å². The molecule has 0 rings (SSSR count). The normalized spacial score (nSPS) is 13.7. The van der Waals surface area contributed by atoms with Crippen LogP contribution in [-0.2, 0) is 0 Å². The van der Waals surface area contributed by atoms with E-state index in [4.69, 9.17) is 5.11 Å². The van der Waals surface area contributed by atoms with Crippen molar-refractivity contribution in [2.24, 2.45) is 0 Å². The lowest BCUT2D eigenvalue weighted by molar-refractivity contribution is -0.908. The van der Waals surface area contributed by atoms with Gasteiger partial charge in [-0.2, -0.15) is 0 Å². The van der Waals surface area contributed by atoms with Gasteiger partial charge in [-0.15, -0.1) is 0 Å². The summed E-state index contributed by atoms with van der Waals surface area (Å²) in [6.45, 7) is 8.08. The van der Waals surface area contributed by atoms with Crippen molar-refractivity contribution in [3.8, 4) is 0 Å². The lowest BCUT2D eigenvalue weighted by atomic mass is 10.1. The molecule has 0 aromatic heterocycles. The Bertz CT molecular complexity index is 296. The van der Waals surface area contributed by atoms with Gasteiger partial charge in [-0.05, 0) is 45.4 Å². The first kappa shape index (κ1) is 28.2. The number of nitrogens with zero attached hydrogens (tertiary/aromatic N) is 1. The third-order valence-corrected chi connectivity index (χ3v) is 5.61. The van der Waals surface area contributed by atoms with Gasteiger partial charge in [0.1, 0.15) is 6.54 Å². The average molecular weight is 390 g/mol. The molecule has 158 valence electrons. The van der Waals surface area contributed by atoms with Crippen molar-refractivity contribution in [2.45, 2.75) is 104 Å². The highest BCUT2D eigenvalue weighted by molar-refractivity contribution is 4.81. The van der Waals surface area contributed by atoms with Crippen molar-refractivity contribution in [3.63, 3.8) is 0 Å². The Labute approximate surface area is 171 Å². The molecule has 1 unspecified atom stereocenters. The largest absolute Gasteiger partial charge is 1.00 e. The maximum Gasteiger partial charge on any atom is 0.102 e. The van der Waals surface area contributed by atoms with E-state index in [1.165, 1.54) is 96.4 Å². The minimum absolute atomic E-state index is 0. The first-order chi connectivity index (χ1) is 12.2. The molecule has 0 bridgehead atoms. The molecule has 0 amide bonds. The van der Waals surface area contributed by atoms with Crippen LogP contribution in [0, 0.1) is 0 Å². The zero-order valence-corrected chi connectivity index (χ0v) is 18.9. The van der Waals surface area contributed by atoms with Gasteiger partial charge in [-0.25, -0.2) is 0 Å². The molecule has 0 radical (unpaired) electrons. The Hall–Kier alpha value is -0.0500. The highest BCUT2D eigenvalue weighted by atomic mass is 35.5. The Morgan fingerprint density at radius 2 is 1.12 bits per heavy atom. The van der Waals surface area contributed by atoms with E-state index in [9.17, 15) is 0 Å². The van der Waals surface area contributed by atoms with Crippen molar-refractivity contribution in [1.82, 2.24) is 0 Å². The van der Waals surface area contributed by atoms with Gasteiger partial charge in [0.15, 0.2) is 0 Å². The molecule has 0 aromatic rings. The summed E-state index contributed by atoms with van der Waals surface area (Å²) in [6, 6.07) is 0. The van der Waals surface area contributed by atoms with Crippen molar-refractivity contribution in [1.29, 1.82) is 0 Å². The summed E-state index contributed by atoms with van der Waals surface area (Å²) < 4.78 is 1.03. The monoisotopic (exact) mass is 389 g/mol. The van der Waals surface area contributed by atoms with Gasteiger partial charge in [-0.3, -0.25) is 0 Å². The SMILES string of the molecule is CCCCCCCC/C=C\CCCCCCCC[N+](C)(CC)CCO.[Cl-]. The van der Waals surface area contributed by atoms with E-state index in [2.05, 4.69) is 33.0 Å². The topological polar surface area (TPSA) is 20.2 Å². The Kier molecular flexibility index (Phi) is 23.0. The minimum atomic E-state index is 0. The predicted molar refractivity (Wildman–Crippen MR) is 113 cm³/mol. The molecule has 0 aliphatic heterocycles. The van der Waals surface area contributed by atoms with Crippen LogP contribution in [-0.4, -0.2) is 42.9 Å². The first-order valence-electron chi connectivity index (χ1n) is 11.3. The van der Waals surface area contributed by atoms with Gasteiger partial charge in [0.05, 0.1) is 26.7 Å². The second kappa shape index (κ2) is 21.3. The fourth-order valence-corrected chi connectivity index (χ4v) is 3.41. The number of rotatable bonds is 19. The van der Waals surface area contributed by atoms with E-state index in [1.807, 2.05) is 0 Å². The number of aliphatic hydroxyl groups is 1. The van der Waals surface area contributed by atoms with E-state index >= 15 is 0 Å². The number of hydrogen-bond donors (Lipinski definition) is 1. The Balaban J connectivity index is 0. The van der Waals surface area contributed by atoms with E-state index in [0.29, 0.717) is 6.61 Å². The van der Waals surface area contributed by atoms with Crippen molar-refractivity contribution < 1.29 is 22.0 Å².